The van der Waals surface area contributed by atoms with Gasteiger partial charge in [0.1, 0.15) is 0 Å². The molecule has 0 aliphatic rings. The van der Waals surface area contributed by atoms with Gasteiger partial charge in [-0.2, -0.15) is 0 Å². The van der Waals surface area contributed by atoms with Crippen molar-refractivity contribution in [2.75, 3.05) is 13.2 Å². The second-order valence-electron chi connectivity index (χ2n) is 6.73. The zero-order valence-electron chi connectivity index (χ0n) is 17.1. The van der Waals surface area contributed by atoms with E-state index in [-0.39, 0.29) is 11.8 Å². The monoisotopic (exact) mass is 478 g/mol. The van der Waals surface area contributed by atoms with E-state index in [0.717, 1.165) is 37.1 Å². The first-order chi connectivity index (χ1) is 13.6. The van der Waals surface area contributed by atoms with Gasteiger partial charge in [-0.15, -0.1) is 0 Å². The lowest BCUT2D eigenvalue weighted by Gasteiger charge is -2.26. The topological polar surface area (TPSA) is 18.5 Å². The Morgan fingerprint density at radius 2 is 1.07 bits per heavy atom. The normalized spacial score (nSPS) is 12.4. The number of halogens is 5. The fourth-order valence-corrected chi connectivity index (χ4v) is 6.54. The van der Waals surface area contributed by atoms with Crippen LogP contribution in [0.15, 0.2) is 0 Å². The molecule has 0 aromatic heterocycles. The first-order valence-corrected chi connectivity index (χ1v) is 13.9. The van der Waals surface area contributed by atoms with E-state index in [1.807, 2.05) is 27.7 Å². The molecule has 0 saturated heterocycles. The van der Waals surface area contributed by atoms with Gasteiger partial charge in [0.2, 0.25) is 11.5 Å². The Morgan fingerprint density at radius 1 is 0.724 bits per heavy atom. The predicted octanol–water partition coefficient (Wildman–Crippen LogP) is 7.75. The molecule has 0 spiro atoms. The van der Waals surface area contributed by atoms with Gasteiger partial charge in [0.15, 0.2) is 23.3 Å². The van der Waals surface area contributed by atoms with Crippen molar-refractivity contribution in [2.45, 2.75) is 59.1 Å². The molecule has 1 aromatic carbocycles. The van der Waals surface area contributed by atoms with Crippen molar-refractivity contribution in [2.24, 2.45) is 11.8 Å². The van der Waals surface area contributed by atoms with E-state index in [9.17, 15) is 22.0 Å². The molecule has 0 saturated carbocycles. The molecule has 0 N–H and O–H groups in total. The molecular weight excluding hydrogens is 450 g/mol. The van der Waals surface area contributed by atoms with Crippen molar-refractivity contribution in [1.29, 1.82) is 0 Å². The molecule has 10 heteroatoms. The van der Waals surface area contributed by atoms with Crippen molar-refractivity contribution >= 4 is 28.9 Å². The van der Waals surface area contributed by atoms with Gasteiger partial charge in [0.25, 0.3) is 0 Å². The van der Waals surface area contributed by atoms with Gasteiger partial charge in [-0.05, 0) is 23.6 Å². The summed E-state index contributed by atoms with van der Waals surface area (Å²) in [7, 11) is 0. The molecule has 0 amide bonds. The average Bonchev–Trinajstić information content (AvgIpc) is 2.72. The summed E-state index contributed by atoms with van der Waals surface area (Å²) in [6, 6.07) is 0. The van der Waals surface area contributed by atoms with Gasteiger partial charge >= 0.3 is 0 Å². The Kier molecular flexibility index (Phi) is 11.7. The lowest BCUT2D eigenvalue weighted by molar-refractivity contribution is 0.194. The highest BCUT2D eigenvalue weighted by Gasteiger charge is 2.29. The van der Waals surface area contributed by atoms with Crippen molar-refractivity contribution in [3.8, 4) is 0 Å². The molecule has 1 rings (SSSR count). The third kappa shape index (κ3) is 7.46. The molecule has 0 radical (unpaired) electrons. The van der Waals surface area contributed by atoms with E-state index >= 15 is 0 Å². The van der Waals surface area contributed by atoms with Crippen LogP contribution in [-0.2, 0) is 26.6 Å². The van der Waals surface area contributed by atoms with E-state index < -0.39 is 46.1 Å². The summed E-state index contributed by atoms with van der Waals surface area (Å²) in [5.41, 5.74) is -3.97. The molecule has 29 heavy (non-hydrogen) atoms. The van der Waals surface area contributed by atoms with E-state index in [1.165, 1.54) is 0 Å². The van der Waals surface area contributed by atoms with Gasteiger partial charge in [-0.1, -0.05) is 64.8 Å². The third-order valence-electron chi connectivity index (χ3n) is 4.91. The molecule has 0 fully saturated rings. The second-order valence-corrected chi connectivity index (χ2v) is 13.0. The Labute approximate surface area is 178 Å². The summed E-state index contributed by atoms with van der Waals surface area (Å²) in [5, 5.41) is 0. The standard InChI is InChI=1S/C19H28F5O2PS2/c1-5-12(6-2)9-25-27(28,26-10-13(7-3)8-4)29-11-14-15(20)17(22)19(24)18(23)16(14)21/h12-13H,5-11H2,1-4H3. The SMILES string of the molecule is CCC(CC)COP(=S)(OCC(CC)CC)SCc1c(F)c(F)c(F)c(F)c1F. The number of hydrogen-bond donors (Lipinski definition) is 0. The first-order valence-electron chi connectivity index (χ1n) is 9.67. The zero-order valence-corrected chi connectivity index (χ0v) is 19.6. The smallest absolute Gasteiger partial charge is 0.247 e. The van der Waals surface area contributed by atoms with E-state index in [2.05, 4.69) is 0 Å². The third-order valence-corrected chi connectivity index (χ3v) is 10.1. The van der Waals surface area contributed by atoms with E-state index in [4.69, 9.17) is 20.9 Å². The van der Waals surface area contributed by atoms with Crippen molar-refractivity contribution in [3.63, 3.8) is 0 Å². The molecule has 0 atom stereocenters. The van der Waals surface area contributed by atoms with E-state index in [1.54, 1.807) is 0 Å². The Bertz CT molecular complexity index is 663. The zero-order chi connectivity index (χ0) is 22.2. The lowest BCUT2D eigenvalue weighted by atomic mass is 10.1. The molecule has 0 unspecified atom stereocenters. The molecule has 168 valence electrons. The van der Waals surface area contributed by atoms with Crippen LogP contribution in [0.3, 0.4) is 0 Å². The summed E-state index contributed by atoms with van der Waals surface area (Å²) < 4.78 is 79.9. The second kappa shape index (κ2) is 12.6. The summed E-state index contributed by atoms with van der Waals surface area (Å²) >= 11 is 6.33. The fraction of sp³-hybridized carbons (Fsp3) is 0.684. The molecule has 2 nitrogen and oxygen atoms in total. The Hall–Kier alpha value is -0.210. The van der Waals surface area contributed by atoms with Crippen LogP contribution in [-0.4, -0.2) is 13.2 Å². The largest absolute Gasteiger partial charge is 0.321 e. The maximum Gasteiger partial charge on any atom is 0.247 e. The quantitative estimate of drug-likeness (QED) is 0.125. The van der Waals surface area contributed by atoms with Crippen molar-refractivity contribution in [3.05, 3.63) is 34.6 Å². The lowest BCUT2D eigenvalue weighted by Crippen LogP contribution is -2.11. The number of rotatable bonds is 13. The summed E-state index contributed by atoms with van der Waals surface area (Å²) in [6.45, 7) is 8.67. The highest BCUT2D eigenvalue weighted by molar-refractivity contribution is 8.67. The fourth-order valence-electron chi connectivity index (χ4n) is 2.47. The number of hydrogen-bond acceptors (Lipinski definition) is 4. The molecular formula is C19H28F5O2PS2. The van der Waals surface area contributed by atoms with Gasteiger partial charge in [-0.3, -0.25) is 0 Å². The predicted molar refractivity (Wildman–Crippen MR) is 112 cm³/mol. The van der Waals surface area contributed by atoms with Crippen LogP contribution < -0.4 is 0 Å². The number of benzene rings is 1. The molecule has 1 aromatic rings. The van der Waals surface area contributed by atoms with Gasteiger partial charge in [0, 0.05) is 11.3 Å². The molecule has 0 heterocycles. The van der Waals surface area contributed by atoms with Crippen LogP contribution in [0.2, 0.25) is 0 Å². The minimum Gasteiger partial charge on any atom is -0.321 e. The van der Waals surface area contributed by atoms with Crippen LogP contribution in [0.4, 0.5) is 22.0 Å². The minimum atomic E-state index is -3.05. The van der Waals surface area contributed by atoms with Crippen LogP contribution in [0.5, 0.6) is 0 Å². The maximum absolute atomic E-state index is 14.0. The van der Waals surface area contributed by atoms with Crippen LogP contribution in [0, 0.1) is 40.9 Å². The van der Waals surface area contributed by atoms with Crippen molar-refractivity contribution in [1.82, 2.24) is 0 Å². The van der Waals surface area contributed by atoms with Crippen LogP contribution >= 0.6 is 17.1 Å². The molecule has 0 aliphatic heterocycles. The minimum absolute atomic E-state index is 0.240. The summed E-state index contributed by atoms with van der Waals surface area (Å²) in [5.74, 6) is -9.87. The van der Waals surface area contributed by atoms with Crippen molar-refractivity contribution < 1.29 is 31.0 Å². The van der Waals surface area contributed by atoms with Gasteiger partial charge in [0.05, 0.1) is 13.2 Å². The Morgan fingerprint density at radius 3 is 1.41 bits per heavy atom. The molecule has 0 bridgehead atoms. The highest BCUT2D eigenvalue weighted by Crippen LogP contribution is 2.63. The summed E-state index contributed by atoms with van der Waals surface area (Å²) in [4.78, 5) is 0. The molecule has 0 aliphatic carbocycles. The first kappa shape index (κ1) is 26.8. The van der Waals surface area contributed by atoms with Crippen LogP contribution in [0.1, 0.15) is 58.9 Å². The highest BCUT2D eigenvalue weighted by atomic mass is 32.9. The van der Waals surface area contributed by atoms with Crippen LogP contribution in [0.25, 0.3) is 0 Å². The van der Waals surface area contributed by atoms with Gasteiger partial charge in [-0.25, -0.2) is 22.0 Å². The van der Waals surface area contributed by atoms with E-state index in [0.29, 0.717) is 13.2 Å². The maximum atomic E-state index is 14.0. The summed E-state index contributed by atoms with van der Waals surface area (Å²) in [6.07, 6.45) is 3.45. The van der Waals surface area contributed by atoms with Gasteiger partial charge < -0.3 is 9.05 Å². The Balaban J connectivity index is 3.04. The average molecular weight is 479 g/mol.